The monoisotopic (exact) mass is 360 g/mol. The van der Waals surface area contributed by atoms with E-state index >= 15 is 0 Å². The Labute approximate surface area is 156 Å². The van der Waals surface area contributed by atoms with E-state index in [4.69, 9.17) is 4.74 Å². The average molecular weight is 360 g/mol. The number of esters is 1. The maximum absolute atomic E-state index is 13.3. The minimum Gasteiger partial charge on any atom is -0.465 e. The molecule has 0 aromatic rings. The number of ketones is 2. The highest BCUT2D eigenvalue weighted by Crippen LogP contribution is 2.70. The van der Waals surface area contributed by atoms with Gasteiger partial charge in [-0.1, -0.05) is 27.2 Å². The molecule has 0 amide bonds. The highest BCUT2D eigenvalue weighted by Gasteiger charge is 2.71. The number of hydrogen-bond acceptors (Lipinski definition) is 4. The summed E-state index contributed by atoms with van der Waals surface area (Å²) < 4.78 is 5.46. The largest absolute Gasteiger partial charge is 0.465 e. The first-order valence-corrected chi connectivity index (χ1v) is 10.4. The van der Waals surface area contributed by atoms with Crippen molar-refractivity contribution >= 4 is 17.5 Å². The number of carbonyl (C=O) groups is 3. The predicted molar refractivity (Wildman–Crippen MR) is 97.2 cm³/mol. The van der Waals surface area contributed by atoms with E-state index in [9.17, 15) is 14.4 Å². The summed E-state index contributed by atoms with van der Waals surface area (Å²) >= 11 is 0. The molecule has 4 aliphatic rings. The molecule has 2 bridgehead atoms. The van der Waals surface area contributed by atoms with Crippen LogP contribution in [0.4, 0.5) is 0 Å². The first-order chi connectivity index (χ1) is 12.2. The third-order valence-electron chi connectivity index (χ3n) is 8.92. The van der Waals surface area contributed by atoms with Gasteiger partial charge in [0.1, 0.15) is 11.6 Å². The molecule has 26 heavy (non-hydrogen) atoms. The second-order valence-corrected chi connectivity index (χ2v) is 10.1. The molecular weight excluding hydrogens is 328 g/mol. The van der Waals surface area contributed by atoms with Crippen LogP contribution in [-0.2, 0) is 19.1 Å². The highest BCUT2D eigenvalue weighted by atomic mass is 16.5. The van der Waals surface area contributed by atoms with Gasteiger partial charge in [-0.15, -0.1) is 0 Å². The fraction of sp³-hybridized carbons (Fsp3) is 0.864. The lowest BCUT2D eigenvalue weighted by Gasteiger charge is -2.62. The van der Waals surface area contributed by atoms with Crippen molar-refractivity contribution in [1.82, 2.24) is 0 Å². The number of rotatable bonds is 2. The van der Waals surface area contributed by atoms with Crippen molar-refractivity contribution in [2.24, 2.45) is 39.9 Å². The van der Waals surface area contributed by atoms with Gasteiger partial charge in [-0.25, -0.2) is 0 Å². The third-order valence-corrected chi connectivity index (χ3v) is 8.92. The summed E-state index contributed by atoms with van der Waals surface area (Å²) in [6.07, 6.45) is 6.72. The Balaban J connectivity index is 1.72. The smallest absolute Gasteiger partial charge is 0.302 e. The fourth-order valence-electron chi connectivity index (χ4n) is 7.82. The Morgan fingerprint density at radius 3 is 2.46 bits per heavy atom. The van der Waals surface area contributed by atoms with Gasteiger partial charge in [0, 0.05) is 24.2 Å². The molecule has 0 radical (unpaired) electrons. The van der Waals surface area contributed by atoms with Gasteiger partial charge >= 0.3 is 5.97 Å². The molecule has 4 saturated carbocycles. The van der Waals surface area contributed by atoms with E-state index < -0.39 is 5.41 Å². The van der Waals surface area contributed by atoms with Crippen LogP contribution in [0.5, 0.6) is 0 Å². The van der Waals surface area contributed by atoms with Crippen LogP contribution >= 0.6 is 0 Å². The molecule has 0 aliphatic heterocycles. The molecule has 4 aliphatic carbocycles. The number of hydrogen-bond donors (Lipinski definition) is 0. The SMILES string of the molecule is CC(=O)OC[C@@]1(C)CCC[C@]2(C)[C@@H]1CC[C@@]13C(=O)[C@@H](CC[C@H]12)[C@@H](C)C3=O. The van der Waals surface area contributed by atoms with Crippen molar-refractivity contribution in [3.63, 3.8) is 0 Å². The second-order valence-electron chi connectivity index (χ2n) is 10.1. The lowest BCUT2D eigenvalue weighted by atomic mass is 9.40. The molecule has 0 unspecified atom stereocenters. The van der Waals surface area contributed by atoms with E-state index in [1.54, 1.807) is 0 Å². The van der Waals surface area contributed by atoms with Crippen LogP contribution in [0.15, 0.2) is 0 Å². The second kappa shape index (κ2) is 5.65. The van der Waals surface area contributed by atoms with Gasteiger partial charge in [0.25, 0.3) is 0 Å². The Morgan fingerprint density at radius 2 is 1.77 bits per heavy atom. The topological polar surface area (TPSA) is 60.4 Å². The van der Waals surface area contributed by atoms with Gasteiger partial charge in [-0.2, -0.15) is 0 Å². The lowest BCUT2D eigenvalue weighted by Crippen LogP contribution is -2.61. The zero-order valence-electron chi connectivity index (χ0n) is 16.6. The van der Waals surface area contributed by atoms with Gasteiger partial charge < -0.3 is 4.74 Å². The van der Waals surface area contributed by atoms with Crippen LogP contribution in [0, 0.1) is 39.9 Å². The van der Waals surface area contributed by atoms with Crippen LogP contribution in [0.3, 0.4) is 0 Å². The van der Waals surface area contributed by atoms with Crippen LogP contribution in [0.2, 0.25) is 0 Å². The number of Topliss-reactive ketones (excluding diaryl/α,β-unsaturated/α-hetero) is 2. The molecule has 0 N–H and O–H groups in total. The van der Waals surface area contributed by atoms with Gasteiger partial charge in [0.2, 0.25) is 0 Å². The number of carbonyl (C=O) groups excluding carboxylic acids is 3. The van der Waals surface area contributed by atoms with E-state index in [2.05, 4.69) is 13.8 Å². The van der Waals surface area contributed by atoms with Gasteiger partial charge in [0.05, 0.1) is 12.0 Å². The van der Waals surface area contributed by atoms with Gasteiger partial charge in [0.15, 0.2) is 0 Å². The third kappa shape index (κ3) is 2.10. The first kappa shape index (κ1) is 18.2. The summed E-state index contributed by atoms with van der Waals surface area (Å²) in [7, 11) is 0. The van der Waals surface area contributed by atoms with Gasteiger partial charge in [-0.3, -0.25) is 14.4 Å². The zero-order valence-corrected chi connectivity index (χ0v) is 16.6. The molecule has 0 aromatic carbocycles. The van der Waals surface area contributed by atoms with E-state index in [1.807, 2.05) is 6.92 Å². The highest BCUT2D eigenvalue weighted by molar-refractivity contribution is 6.16. The van der Waals surface area contributed by atoms with Crippen LogP contribution < -0.4 is 0 Å². The lowest BCUT2D eigenvalue weighted by molar-refractivity contribution is -0.180. The number of ether oxygens (including phenoxy) is 1. The van der Waals surface area contributed by atoms with Crippen molar-refractivity contribution in [2.45, 2.75) is 72.6 Å². The quantitative estimate of drug-likeness (QED) is 0.552. The minimum absolute atomic E-state index is 0.00819. The fourth-order valence-corrected chi connectivity index (χ4v) is 7.82. The van der Waals surface area contributed by atoms with Crippen LogP contribution in [-0.4, -0.2) is 24.1 Å². The minimum atomic E-state index is -0.701. The van der Waals surface area contributed by atoms with Crippen molar-refractivity contribution in [2.75, 3.05) is 6.61 Å². The predicted octanol–water partition coefficient (Wildman–Crippen LogP) is 3.96. The van der Waals surface area contributed by atoms with E-state index in [1.165, 1.54) is 6.92 Å². The molecule has 0 heterocycles. The molecule has 4 rings (SSSR count). The van der Waals surface area contributed by atoms with E-state index in [0.717, 1.165) is 38.5 Å². The van der Waals surface area contributed by atoms with Gasteiger partial charge in [-0.05, 0) is 55.8 Å². The Kier molecular flexibility index (Phi) is 3.95. The Bertz CT molecular complexity index is 659. The summed E-state index contributed by atoms with van der Waals surface area (Å²) in [5, 5.41) is 0. The van der Waals surface area contributed by atoms with E-state index in [0.29, 0.717) is 18.9 Å². The maximum atomic E-state index is 13.3. The Morgan fingerprint density at radius 1 is 1.04 bits per heavy atom. The summed E-state index contributed by atoms with van der Waals surface area (Å²) in [4.78, 5) is 37.9. The standard InChI is InChI=1S/C22H32O4/c1-13-15-6-7-17-21(4)10-5-9-20(3,12-26-14(2)23)16(21)8-11-22(17,18(13)24)19(15)25/h13,15-17H,5-12H2,1-4H3/t13-,15+,16-,17+,20-,21-,22-/m1/s1. The molecule has 4 heteroatoms. The van der Waals surface area contributed by atoms with Crippen LogP contribution in [0.1, 0.15) is 72.6 Å². The maximum Gasteiger partial charge on any atom is 0.302 e. The molecule has 144 valence electrons. The number of fused-ring (bicyclic) bond motifs is 3. The Hall–Kier alpha value is -1.19. The van der Waals surface area contributed by atoms with E-state index in [-0.39, 0.29) is 46.1 Å². The molecule has 0 saturated heterocycles. The van der Waals surface area contributed by atoms with Crippen molar-refractivity contribution < 1.29 is 19.1 Å². The molecule has 4 nitrogen and oxygen atoms in total. The van der Waals surface area contributed by atoms with Crippen molar-refractivity contribution in [3.8, 4) is 0 Å². The normalized spacial score (nSPS) is 50.2. The molecule has 1 spiro atoms. The zero-order chi connectivity index (χ0) is 18.9. The molecule has 7 atom stereocenters. The average Bonchev–Trinajstić information content (AvgIpc) is 2.69. The summed E-state index contributed by atoms with van der Waals surface area (Å²) in [6.45, 7) is 8.49. The molecular formula is C22H32O4. The molecule has 4 fully saturated rings. The summed E-state index contributed by atoms with van der Waals surface area (Å²) in [6, 6.07) is 0. The summed E-state index contributed by atoms with van der Waals surface area (Å²) in [5.74, 6) is 0.735. The molecule has 0 aromatic heterocycles. The summed E-state index contributed by atoms with van der Waals surface area (Å²) in [5.41, 5.74) is -0.757. The van der Waals surface area contributed by atoms with Crippen molar-refractivity contribution in [3.05, 3.63) is 0 Å². The van der Waals surface area contributed by atoms with Crippen molar-refractivity contribution in [1.29, 1.82) is 0 Å². The van der Waals surface area contributed by atoms with Crippen LogP contribution in [0.25, 0.3) is 0 Å². The first-order valence-electron chi connectivity index (χ1n) is 10.4.